The van der Waals surface area contributed by atoms with Crippen molar-refractivity contribution >= 4 is 32.1 Å². The summed E-state index contributed by atoms with van der Waals surface area (Å²) in [5.41, 5.74) is 2.38. The number of aromatic nitrogens is 4. The van der Waals surface area contributed by atoms with Crippen molar-refractivity contribution in [1.29, 1.82) is 0 Å². The van der Waals surface area contributed by atoms with Crippen molar-refractivity contribution in [2.75, 3.05) is 30.9 Å². The van der Waals surface area contributed by atoms with Crippen LogP contribution in [0.2, 0.25) is 0 Å². The molecule has 0 aliphatic carbocycles. The smallest absolute Gasteiger partial charge is 0.140 e. The number of H-pyrrole nitrogens is 1. The van der Waals surface area contributed by atoms with Gasteiger partial charge in [0, 0.05) is 36.6 Å². The van der Waals surface area contributed by atoms with Crippen molar-refractivity contribution in [3.8, 4) is 11.4 Å². The maximum absolute atomic E-state index is 14.5. The second kappa shape index (κ2) is 8.53. The molecule has 1 saturated heterocycles. The summed E-state index contributed by atoms with van der Waals surface area (Å²) < 4.78 is 38.2. The number of aromatic amines is 1. The highest BCUT2D eigenvalue weighted by molar-refractivity contribution is 7.93. The number of halogens is 1. The highest BCUT2D eigenvalue weighted by Crippen LogP contribution is 2.36. The number of pyridine rings is 2. The first-order valence-corrected chi connectivity index (χ1v) is 12.5. The minimum Gasteiger partial charge on any atom is -0.377 e. The van der Waals surface area contributed by atoms with Crippen molar-refractivity contribution in [2.45, 2.75) is 17.9 Å². The monoisotopic (exact) mass is 466 g/mol. The lowest BCUT2D eigenvalue weighted by Crippen LogP contribution is -2.44. The Kier molecular flexibility index (Phi) is 5.55. The number of anilines is 1. The molecule has 4 heterocycles. The molecule has 0 amide bonds. The molecule has 1 aromatic carbocycles. The summed E-state index contributed by atoms with van der Waals surface area (Å²) in [7, 11) is -3.07. The maximum atomic E-state index is 14.5. The Bertz CT molecular complexity index is 1430. The molecule has 8 nitrogen and oxygen atoms in total. The number of hydrogen-bond donors (Lipinski definition) is 1. The Balaban J connectivity index is 1.78. The molecule has 1 fully saturated rings. The van der Waals surface area contributed by atoms with Gasteiger partial charge in [-0.3, -0.25) is 10.1 Å². The van der Waals surface area contributed by atoms with Gasteiger partial charge >= 0.3 is 0 Å². The van der Waals surface area contributed by atoms with Gasteiger partial charge in [0.2, 0.25) is 0 Å². The van der Waals surface area contributed by atoms with E-state index in [0.29, 0.717) is 53.6 Å². The topological polar surface area (TPSA) is 96.4 Å². The molecule has 0 unspecified atom stereocenters. The van der Waals surface area contributed by atoms with Crippen LogP contribution in [0.4, 0.5) is 15.9 Å². The summed E-state index contributed by atoms with van der Waals surface area (Å²) in [4.78, 5) is 11.6. The molecule has 4 aromatic rings. The van der Waals surface area contributed by atoms with Gasteiger partial charge < -0.3 is 9.64 Å². The standard InChI is InChI=1S/C23H23FN6O2S/c1-15-14-32-12-11-30(15)21-13-19(29-33(2,31)20-6-4-3-5-17(20)24)16-7-9-25-23(22(16)27-21)18-8-10-26-28-18/h3-10,13,15H,11-12,14H2,1-2H3,(H,26,28)/t15-,33+/m1/s1. The van der Waals surface area contributed by atoms with E-state index in [1.807, 2.05) is 12.1 Å². The molecule has 1 aliphatic heterocycles. The minimum atomic E-state index is -3.07. The third-order valence-corrected chi connectivity index (χ3v) is 7.32. The summed E-state index contributed by atoms with van der Waals surface area (Å²) in [6.07, 6.45) is 4.74. The average Bonchev–Trinajstić information content (AvgIpc) is 3.34. The van der Waals surface area contributed by atoms with Crippen molar-refractivity contribution in [3.63, 3.8) is 0 Å². The SMILES string of the molecule is C[C@@H]1COCCN1c1cc(N=[S@@](C)(=O)c2ccccc2F)c2ccnc(-c3ccn[nH]3)c2n1. The Labute approximate surface area is 191 Å². The highest BCUT2D eigenvalue weighted by atomic mass is 32.2. The number of nitrogens with one attached hydrogen (secondary N) is 1. The van der Waals surface area contributed by atoms with Gasteiger partial charge in [-0.05, 0) is 31.2 Å². The molecule has 33 heavy (non-hydrogen) atoms. The zero-order valence-corrected chi connectivity index (χ0v) is 19.1. The quantitative estimate of drug-likeness (QED) is 0.485. The van der Waals surface area contributed by atoms with Crippen LogP contribution in [0.1, 0.15) is 6.92 Å². The van der Waals surface area contributed by atoms with Gasteiger partial charge in [-0.25, -0.2) is 13.6 Å². The first-order valence-electron chi connectivity index (χ1n) is 10.5. The molecule has 5 rings (SSSR count). The predicted octanol–water partition coefficient (Wildman–Crippen LogP) is 4.17. The predicted molar refractivity (Wildman–Crippen MR) is 126 cm³/mol. The Hall–Kier alpha value is -3.37. The van der Waals surface area contributed by atoms with Crippen LogP contribution in [0.5, 0.6) is 0 Å². The van der Waals surface area contributed by atoms with Crippen molar-refractivity contribution in [2.24, 2.45) is 4.36 Å². The molecule has 0 spiro atoms. The molecule has 3 aromatic heterocycles. The van der Waals surface area contributed by atoms with Gasteiger partial charge in [0.15, 0.2) is 0 Å². The van der Waals surface area contributed by atoms with Crippen LogP contribution in [-0.2, 0) is 14.5 Å². The minimum absolute atomic E-state index is 0.0686. The van der Waals surface area contributed by atoms with Crippen LogP contribution in [-0.4, -0.2) is 56.4 Å². The van der Waals surface area contributed by atoms with Gasteiger partial charge in [0.05, 0.1) is 45.3 Å². The Morgan fingerprint density at radius 1 is 1.24 bits per heavy atom. The van der Waals surface area contributed by atoms with Crippen LogP contribution in [0.25, 0.3) is 22.3 Å². The van der Waals surface area contributed by atoms with Crippen molar-refractivity contribution in [3.05, 3.63) is 60.7 Å². The molecule has 1 N–H and O–H groups in total. The summed E-state index contributed by atoms with van der Waals surface area (Å²) in [5, 5.41) is 7.63. The number of benzene rings is 1. The Morgan fingerprint density at radius 3 is 2.85 bits per heavy atom. The number of fused-ring (bicyclic) bond motifs is 1. The fraction of sp³-hybridized carbons (Fsp3) is 0.261. The zero-order valence-electron chi connectivity index (χ0n) is 18.2. The van der Waals surface area contributed by atoms with Crippen LogP contribution in [0.15, 0.2) is 64.1 Å². The van der Waals surface area contributed by atoms with Crippen LogP contribution < -0.4 is 4.90 Å². The Morgan fingerprint density at radius 2 is 2.09 bits per heavy atom. The number of nitrogens with zero attached hydrogens (tertiary/aromatic N) is 5. The lowest BCUT2D eigenvalue weighted by atomic mass is 10.1. The van der Waals surface area contributed by atoms with E-state index < -0.39 is 15.5 Å². The van der Waals surface area contributed by atoms with E-state index in [2.05, 4.69) is 31.4 Å². The van der Waals surface area contributed by atoms with E-state index in [0.717, 1.165) is 0 Å². The largest absolute Gasteiger partial charge is 0.377 e. The molecule has 2 atom stereocenters. The van der Waals surface area contributed by atoms with E-state index >= 15 is 0 Å². The fourth-order valence-corrected chi connectivity index (χ4v) is 5.37. The van der Waals surface area contributed by atoms with E-state index in [1.54, 1.807) is 30.6 Å². The number of ether oxygens (including phenoxy) is 1. The van der Waals surface area contributed by atoms with Gasteiger partial charge in [-0.15, -0.1) is 0 Å². The first kappa shape index (κ1) is 21.5. The van der Waals surface area contributed by atoms with Gasteiger partial charge in [-0.1, -0.05) is 12.1 Å². The average molecular weight is 467 g/mol. The van der Waals surface area contributed by atoms with Crippen LogP contribution in [0.3, 0.4) is 0 Å². The highest BCUT2D eigenvalue weighted by Gasteiger charge is 2.23. The molecule has 0 radical (unpaired) electrons. The first-order chi connectivity index (χ1) is 15.9. The van der Waals surface area contributed by atoms with E-state index in [4.69, 9.17) is 9.72 Å². The van der Waals surface area contributed by atoms with E-state index in [-0.39, 0.29) is 10.9 Å². The van der Waals surface area contributed by atoms with Crippen molar-refractivity contribution in [1.82, 2.24) is 20.2 Å². The summed E-state index contributed by atoms with van der Waals surface area (Å²) in [6, 6.07) is 11.5. The summed E-state index contributed by atoms with van der Waals surface area (Å²) >= 11 is 0. The molecule has 170 valence electrons. The second-order valence-corrected chi connectivity index (χ2v) is 10.2. The van der Waals surface area contributed by atoms with Gasteiger partial charge in [0.25, 0.3) is 0 Å². The summed E-state index contributed by atoms with van der Waals surface area (Å²) in [6.45, 7) is 3.87. The third-order valence-electron chi connectivity index (χ3n) is 5.63. The molecule has 0 bridgehead atoms. The summed E-state index contributed by atoms with van der Waals surface area (Å²) in [5.74, 6) is 0.128. The lowest BCUT2D eigenvalue weighted by Gasteiger charge is -2.34. The number of hydrogen-bond acceptors (Lipinski definition) is 7. The van der Waals surface area contributed by atoms with Gasteiger partial charge in [-0.2, -0.15) is 9.46 Å². The maximum Gasteiger partial charge on any atom is 0.140 e. The number of morpholine rings is 1. The lowest BCUT2D eigenvalue weighted by molar-refractivity contribution is 0.0986. The van der Waals surface area contributed by atoms with Gasteiger partial charge in [0.1, 0.15) is 22.8 Å². The molecular formula is C23H23FN6O2S. The van der Waals surface area contributed by atoms with Crippen molar-refractivity contribution < 1.29 is 13.3 Å². The fourth-order valence-electron chi connectivity index (χ4n) is 3.98. The third kappa shape index (κ3) is 4.07. The second-order valence-electron chi connectivity index (χ2n) is 7.97. The van der Waals surface area contributed by atoms with E-state index in [9.17, 15) is 8.60 Å². The van der Waals surface area contributed by atoms with Crippen LogP contribution >= 0.6 is 0 Å². The zero-order chi connectivity index (χ0) is 23.0. The molecule has 1 aliphatic rings. The molecule has 0 saturated carbocycles. The van der Waals surface area contributed by atoms with E-state index in [1.165, 1.54) is 18.4 Å². The molecule has 10 heteroatoms. The van der Waals surface area contributed by atoms with Crippen LogP contribution in [0, 0.1) is 5.82 Å². The number of rotatable bonds is 4. The molecular weight excluding hydrogens is 443 g/mol. The normalized spacial score (nSPS) is 18.3.